The molecule has 0 radical (unpaired) electrons. The maximum Gasteiger partial charge on any atom is 0.255 e. The zero-order valence-corrected chi connectivity index (χ0v) is 18.5. The normalized spacial score (nSPS) is 10.6. The highest BCUT2D eigenvalue weighted by Gasteiger charge is 2.15. The van der Waals surface area contributed by atoms with Crippen molar-refractivity contribution in [2.45, 2.75) is 0 Å². The standard InChI is InChI=1S/C24H21ClN4O3/c1-26-24-28-19-13-21(32-3)20(31-2)12-18(19)22(29-24)14-6-5-9-17(11-14)27-23(30)15-7-4-8-16(25)10-15/h4-13H,1-3H3,(H,27,30)(H,26,28,29). The number of halogens is 1. The number of nitrogens with zero attached hydrogens (tertiary/aromatic N) is 2. The molecule has 8 heteroatoms. The maximum absolute atomic E-state index is 12.6. The van der Waals surface area contributed by atoms with Crippen LogP contribution in [0.25, 0.3) is 22.2 Å². The van der Waals surface area contributed by atoms with E-state index in [1.54, 1.807) is 45.5 Å². The van der Waals surface area contributed by atoms with Gasteiger partial charge in [0.1, 0.15) is 0 Å². The third kappa shape index (κ3) is 4.29. The minimum atomic E-state index is -0.250. The molecule has 2 N–H and O–H groups in total. The van der Waals surface area contributed by atoms with E-state index in [1.807, 2.05) is 36.4 Å². The van der Waals surface area contributed by atoms with Crippen LogP contribution in [0.15, 0.2) is 60.7 Å². The summed E-state index contributed by atoms with van der Waals surface area (Å²) in [5, 5.41) is 7.20. The monoisotopic (exact) mass is 448 g/mol. The van der Waals surface area contributed by atoms with Crippen molar-refractivity contribution in [1.29, 1.82) is 0 Å². The summed E-state index contributed by atoms with van der Waals surface area (Å²) in [6.45, 7) is 0. The number of anilines is 2. The van der Waals surface area contributed by atoms with Crippen molar-refractivity contribution in [1.82, 2.24) is 9.97 Å². The lowest BCUT2D eigenvalue weighted by molar-refractivity contribution is 0.102. The van der Waals surface area contributed by atoms with Gasteiger partial charge in [0.05, 0.1) is 25.4 Å². The van der Waals surface area contributed by atoms with Crippen molar-refractivity contribution in [2.24, 2.45) is 0 Å². The first-order valence-electron chi connectivity index (χ1n) is 9.81. The summed E-state index contributed by atoms with van der Waals surface area (Å²) in [6, 6.07) is 17.9. The van der Waals surface area contributed by atoms with Gasteiger partial charge in [-0.05, 0) is 36.4 Å². The average molecular weight is 449 g/mol. The van der Waals surface area contributed by atoms with Crippen LogP contribution in [0.1, 0.15) is 10.4 Å². The summed E-state index contributed by atoms with van der Waals surface area (Å²) in [5.74, 6) is 1.37. The van der Waals surface area contributed by atoms with E-state index >= 15 is 0 Å². The minimum absolute atomic E-state index is 0.250. The SMILES string of the molecule is CNc1nc(-c2cccc(NC(=O)c3cccc(Cl)c3)c2)c2cc(OC)c(OC)cc2n1. The van der Waals surface area contributed by atoms with Crippen LogP contribution in [0.5, 0.6) is 11.5 Å². The molecule has 0 fully saturated rings. The van der Waals surface area contributed by atoms with Crippen LogP contribution < -0.4 is 20.1 Å². The molecule has 1 amide bonds. The average Bonchev–Trinajstić information content (AvgIpc) is 2.82. The Hall–Kier alpha value is -3.84. The number of carbonyl (C=O) groups is 1. The first kappa shape index (κ1) is 21.4. The van der Waals surface area contributed by atoms with Crippen molar-refractivity contribution < 1.29 is 14.3 Å². The molecular weight excluding hydrogens is 428 g/mol. The topological polar surface area (TPSA) is 85.4 Å². The minimum Gasteiger partial charge on any atom is -0.493 e. The van der Waals surface area contributed by atoms with Crippen LogP contribution in [-0.4, -0.2) is 37.1 Å². The van der Waals surface area contributed by atoms with Gasteiger partial charge in [0.25, 0.3) is 5.91 Å². The first-order valence-corrected chi connectivity index (χ1v) is 10.2. The zero-order valence-electron chi connectivity index (χ0n) is 17.8. The van der Waals surface area contributed by atoms with Crippen molar-refractivity contribution >= 4 is 40.0 Å². The third-order valence-electron chi connectivity index (χ3n) is 4.91. The molecule has 0 aliphatic rings. The second-order valence-corrected chi connectivity index (χ2v) is 7.35. The van der Waals surface area contributed by atoms with Gasteiger partial charge >= 0.3 is 0 Å². The lowest BCUT2D eigenvalue weighted by atomic mass is 10.0. The Labute approximate surface area is 190 Å². The Morgan fingerprint density at radius 1 is 0.938 bits per heavy atom. The van der Waals surface area contributed by atoms with Gasteiger partial charge in [-0.3, -0.25) is 4.79 Å². The summed E-state index contributed by atoms with van der Waals surface area (Å²) in [6.07, 6.45) is 0. The number of rotatable bonds is 6. The highest BCUT2D eigenvalue weighted by atomic mass is 35.5. The second-order valence-electron chi connectivity index (χ2n) is 6.92. The van der Waals surface area contributed by atoms with Gasteiger partial charge in [-0.1, -0.05) is 29.8 Å². The lowest BCUT2D eigenvalue weighted by Gasteiger charge is -2.13. The second kappa shape index (κ2) is 9.11. The molecule has 0 aliphatic carbocycles. The molecule has 0 saturated heterocycles. The van der Waals surface area contributed by atoms with E-state index in [0.29, 0.717) is 44.9 Å². The van der Waals surface area contributed by atoms with Gasteiger partial charge in [0.2, 0.25) is 5.95 Å². The van der Waals surface area contributed by atoms with Crippen LogP contribution in [-0.2, 0) is 0 Å². The van der Waals surface area contributed by atoms with Crippen LogP contribution in [0.3, 0.4) is 0 Å². The van der Waals surface area contributed by atoms with E-state index in [9.17, 15) is 4.79 Å². The number of aromatic nitrogens is 2. The Kier molecular flexibility index (Phi) is 6.09. The van der Waals surface area contributed by atoms with E-state index in [2.05, 4.69) is 20.6 Å². The maximum atomic E-state index is 12.6. The summed E-state index contributed by atoms with van der Waals surface area (Å²) in [7, 11) is 4.92. The number of fused-ring (bicyclic) bond motifs is 1. The molecule has 32 heavy (non-hydrogen) atoms. The highest BCUT2D eigenvalue weighted by Crippen LogP contribution is 2.36. The summed E-state index contributed by atoms with van der Waals surface area (Å²) >= 11 is 6.01. The molecule has 0 bridgehead atoms. The molecule has 4 aromatic rings. The molecule has 0 aliphatic heterocycles. The fourth-order valence-corrected chi connectivity index (χ4v) is 3.56. The third-order valence-corrected chi connectivity index (χ3v) is 5.14. The molecule has 0 saturated carbocycles. The molecule has 3 aromatic carbocycles. The van der Waals surface area contributed by atoms with Gasteiger partial charge in [-0.2, -0.15) is 0 Å². The van der Waals surface area contributed by atoms with Crippen molar-refractivity contribution in [3.8, 4) is 22.8 Å². The lowest BCUT2D eigenvalue weighted by Crippen LogP contribution is -2.11. The summed E-state index contributed by atoms with van der Waals surface area (Å²) < 4.78 is 10.9. The zero-order chi connectivity index (χ0) is 22.7. The Balaban J connectivity index is 1.78. The number of amides is 1. The molecule has 1 aromatic heterocycles. The molecular formula is C24H21ClN4O3. The Morgan fingerprint density at radius 2 is 1.69 bits per heavy atom. The number of carbonyl (C=O) groups excluding carboxylic acids is 1. The molecule has 0 atom stereocenters. The van der Waals surface area contributed by atoms with E-state index in [1.165, 1.54) is 0 Å². The van der Waals surface area contributed by atoms with Crippen molar-refractivity contribution in [2.75, 3.05) is 31.9 Å². The van der Waals surface area contributed by atoms with Crippen LogP contribution in [0.2, 0.25) is 5.02 Å². The number of hydrogen-bond donors (Lipinski definition) is 2. The molecule has 1 heterocycles. The van der Waals surface area contributed by atoms with Gasteiger partial charge in [-0.25, -0.2) is 9.97 Å². The van der Waals surface area contributed by atoms with Crippen molar-refractivity contribution in [3.63, 3.8) is 0 Å². The molecule has 0 unspecified atom stereocenters. The van der Waals surface area contributed by atoms with Gasteiger partial charge < -0.3 is 20.1 Å². The number of hydrogen-bond acceptors (Lipinski definition) is 6. The Morgan fingerprint density at radius 3 is 2.41 bits per heavy atom. The van der Waals surface area contributed by atoms with E-state index in [-0.39, 0.29) is 5.91 Å². The van der Waals surface area contributed by atoms with Crippen LogP contribution in [0, 0.1) is 0 Å². The largest absolute Gasteiger partial charge is 0.493 e. The summed E-state index contributed by atoms with van der Waals surface area (Å²) in [5.41, 5.74) is 3.31. The molecule has 162 valence electrons. The van der Waals surface area contributed by atoms with E-state index < -0.39 is 0 Å². The number of benzene rings is 3. The predicted molar refractivity (Wildman–Crippen MR) is 127 cm³/mol. The molecule has 7 nitrogen and oxygen atoms in total. The van der Waals surface area contributed by atoms with E-state index in [0.717, 1.165) is 10.9 Å². The van der Waals surface area contributed by atoms with Crippen LogP contribution in [0.4, 0.5) is 11.6 Å². The fourth-order valence-electron chi connectivity index (χ4n) is 3.36. The number of nitrogens with one attached hydrogen (secondary N) is 2. The first-order chi connectivity index (χ1) is 15.5. The number of ether oxygens (including phenoxy) is 2. The van der Waals surface area contributed by atoms with Gasteiger partial charge in [0.15, 0.2) is 11.5 Å². The molecule has 4 rings (SSSR count). The van der Waals surface area contributed by atoms with Gasteiger partial charge in [0, 0.05) is 40.3 Å². The van der Waals surface area contributed by atoms with E-state index in [4.69, 9.17) is 21.1 Å². The highest BCUT2D eigenvalue weighted by molar-refractivity contribution is 6.31. The smallest absolute Gasteiger partial charge is 0.255 e. The van der Waals surface area contributed by atoms with Gasteiger partial charge in [-0.15, -0.1) is 0 Å². The predicted octanol–water partition coefficient (Wildman–Crippen LogP) is 5.26. The quantitative estimate of drug-likeness (QED) is 0.418. The van der Waals surface area contributed by atoms with Crippen LogP contribution >= 0.6 is 11.6 Å². The Bertz CT molecular complexity index is 1310. The summed E-state index contributed by atoms with van der Waals surface area (Å²) in [4.78, 5) is 21.8. The molecule has 0 spiro atoms. The van der Waals surface area contributed by atoms with Crippen molar-refractivity contribution in [3.05, 3.63) is 71.2 Å². The fraction of sp³-hybridized carbons (Fsp3) is 0.125. The number of methoxy groups -OCH3 is 2.